The van der Waals surface area contributed by atoms with Crippen molar-refractivity contribution in [2.75, 3.05) is 42.3 Å². The van der Waals surface area contributed by atoms with Gasteiger partial charge in [-0.2, -0.15) is 4.98 Å². The molecule has 11 heteroatoms. The van der Waals surface area contributed by atoms with Crippen LogP contribution in [0.5, 0.6) is 5.75 Å². The van der Waals surface area contributed by atoms with Gasteiger partial charge in [0, 0.05) is 30.7 Å². The third-order valence-corrected chi connectivity index (χ3v) is 5.78. The monoisotopic (exact) mass is 491 g/mol. The standard InChI is InChI=1S/C25H26FN7O3/c1-25(2)14-33(9-10-36-25)22-19(35-3)12-16(13-28-22)29-24-27-8-7-20(31-24)30-18-11-15-5-4-6-17(26)21(15)32-23(18)34/h4-8,11-13H,9-10,14H2,1-3H3,(H,32,34)(H2,27,29,30,31). The van der Waals surface area contributed by atoms with Gasteiger partial charge in [0.05, 0.1) is 36.7 Å². The van der Waals surface area contributed by atoms with Crippen LogP contribution in [0, 0.1) is 5.82 Å². The number of benzene rings is 1. The molecule has 4 heterocycles. The number of halogens is 1. The van der Waals surface area contributed by atoms with Gasteiger partial charge in [0.1, 0.15) is 17.3 Å². The number of aromatic amines is 1. The fourth-order valence-electron chi connectivity index (χ4n) is 4.13. The quantitative estimate of drug-likeness (QED) is 0.368. The van der Waals surface area contributed by atoms with Crippen molar-refractivity contribution in [1.82, 2.24) is 19.9 Å². The molecule has 0 spiro atoms. The predicted octanol–water partition coefficient (Wildman–Crippen LogP) is 3.96. The van der Waals surface area contributed by atoms with Crippen LogP contribution in [0.25, 0.3) is 10.9 Å². The maximum Gasteiger partial charge on any atom is 0.272 e. The number of fused-ring (bicyclic) bond motifs is 1. The number of ether oxygens (including phenoxy) is 2. The Kier molecular flexibility index (Phi) is 6.15. The fraction of sp³-hybridized carbons (Fsp3) is 0.280. The lowest BCUT2D eigenvalue weighted by Gasteiger charge is -2.39. The normalized spacial score (nSPS) is 15.1. The van der Waals surface area contributed by atoms with Gasteiger partial charge in [-0.15, -0.1) is 0 Å². The summed E-state index contributed by atoms with van der Waals surface area (Å²) in [4.78, 5) is 30.5. The Morgan fingerprint density at radius 3 is 2.86 bits per heavy atom. The molecule has 1 fully saturated rings. The van der Waals surface area contributed by atoms with Crippen molar-refractivity contribution in [2.24, 2.45) is 0 Å². The summed E-state index contributed by atoms with van der Waals surface area (Å²) in [5, 5.41) is 6.66. The second-order valence-corrected chi connectivity index (χ2v) is 9.01. The van der Waals surface area contributed by atoms with Crippen molar-refractivity contribution < 1.29 is 13.9 Å². The maximum atomic E-state index is 14.0. The van der Waals surface area contributed by atoms with E-state index >= 15 is 0 Å². The topological polar surface area (TPSA) is 117 Å². The lowest BCUT2D eigenvalue weighted by Crippen LogP contribution is -2.48. The first kappa shape index (κ1) is 23.5. The van der Waals surface area contributed by atoms with Crippen LogP contribution in [0.2, 0.25) is 0 Å². The molecule has 10 nitrogen and oxygen atoms in total. The Balaban J connectivity index is 1.35. The molecular formula is C25H26FN7O3. The second-order valence-electron chi connectivity index (χ2n) is 9.01. The first-order valence-corrected chi connectivity index (χ1v) is 11.4. The minimum atomic E-state index is -0.489. The van der Waals surface area contributed by atoms with Crippen LogP contribution in [0.3, 0.4) is 0 Å². The van der Waals surface area contributed by atoms with Crippen LogP contribution < -0.4 is 25.8 Å². The molecule has 36 heavy (non-hydrogen) atoms. The van der Waals surface area contributed by atoms with E-state index in [9.17, 15) is 9.18 Å². The largest absolute Gasteiger partial charge is 0.493 e. The Hall–Kier alpha value is -4.25. The van der Waals surface area contributed by atoms with Crippen LogP contribution in [0.15, 0.2) is 53.6 Å². The fourth-order valence-corrected chi connectivity index (χ4v) is 4.13. The number of para-hydroxylation sites is 1. The summed E-state index contributed by atoms with van der Waals surface area (Å²) in [6, 6.07) is 9.63. The number of nitrogens with zero attached hydrogens (tertiary/aromatic N) is 4. The first-order valence-electron chi connectivity index (χ1n) is 11.4. The number of morpholine rings is 1. The van der Waals surface area contributed by atoms with E-state index in [1.807, 2.05) is 19.9 Å². The van der Waals surface area contributed by atoms with E-state index in [0.717, 1.165) is 12.4 Å². The van der Waals surface area contributed by atoms with Crippen molar-refractivity contribution >= 4 is 39.9 Å². The third kappa shape index (κ3) is 4.91. The van der Waals surface area contributed by atoms with Crippen LogP contribution in [-0.4, -0.2) is 52.3 Å². The predicted molar refractivity (Wildman–Crippen MR) is 136 cm³/mol. The zero-order chi connectivity index (χ0) is 25.3. The lowest BCUT2D eigenvalue weighted by atomic mass is 10.1. The van der Waals surface area contributed by atoms with Crippen LogP contribution in [0.1, 0.15) is 13.8 Å². The van der Waals surface area contributed by atoms with Gasteiger partial charge in [0.15, 0.2) is 11.6 Å². The van der Waals surface area contributed by atoms with E-state index in [1.165, 1.54) is 6.07 Å². The van der Waals surface area contributed by atoms with Gasteiger partial charge < -0.3 is 30.0 Å². The zero-order valence-corrected chi connectivity index (χ0v) is 20.1. The number of pyridine rings is 2. The van der Waals surface area contributed by atoms with Crippen LogP contribution in [-0.2, 0) is 4.74 Å². The summed E-state index contributed by atoms with van der Waals surface area (Å²) in [6.45, 7) is 6.12. The van der Waals surface area contributed by atoms with Gasteiger partial charge in [-0.05, 0) is 32.0 Å². The number of aromatic nitrogens is 4. The summed E-state index contributed by atoms with van der Waals surface area (Å²) in [5.41, 5.74) is 0.294. The molecule has 1 aromatic carbocycles. The highest BCUT2D eigenvalue weighted by Crippen LogP contribution is 2.32. The molecule has 1 aliphatic heterocycles. The number of methoxy groups -OCH3 is 1. The molecular weight excluding hydrogens is 465 g/mol. The summed E-state index contributed by atoms with van der Waals surface area (Å²) in [7, 11) is 1.60. The minimum Gasteiger partial charge on any atom is -0.493 e. The Morgan fingerprint density at radius 1 is 1.19 bits per heavy atom. The number of anilines is 5. The van der Waals surface area contributed by atoms with Crippen molar-refractivity contribution in [3.63, 3.8) is 0 Å². The molecule has 0 saturated carbocycles. The number of rotatable bonds is 6. The Labute approximate surface area is 206 Å². The van der Waals surface area contributed by atoms with Gasteiger partial charge in [-0.25, -0.2) is 14.4 Å². The molecule has 1 aliphatic rings. The molecule has 4 aromatic rings. The molecule has 0 bridgehead atoms. The molecule has 1 saturated heterocycles. The molecule has 5 rings (SSSR count). The van der Waals surface area contributed by atoms with Gasteiger partial charge in [-0.3, -0.25) is 4.79 Å². The number of nitrogens with one attached hydrogen (secondary N) is 3. The second kappa shape index (κ2) is 9.42. The molecule has 0 aliphatic carbocycles. The van der Waals surface area contributed by atoms with E-state index in [-0.39, 0.29) is 16.8 Å². The van der Waals surface area contributed by atoms with Crippen molar-refractivity contribution in [1.29, 1.82) is 0 Å². The number of hydrogen-bond acceptors (Lipinski definition) is 9. The Bertz CT molecular complexity index is 1470. The molecule has 186 valence electrons. The summed E-state index contributed by atoms with van der Waals surface area (Å²) < 4.78 is 25.4. The molecule has 0 amide bonds. The lowest BCUT2D eigenvalue weighted by molar-refractivity contribution is -0.0280. The van der Waals surface area contributed by atoms with Crippen LogP contribution >= 0.6 is 0 Å². The summed E-state index contributed by atoms with van der Waals surface area (Å²) in [5.74, 6) is 1.55. The van der Waals surface area contributed by atoms with E-state index in [0.29, 0.717) is 41.7 Å². The van der Waals surface area contributed by atoms with Crippen LogP contribution in [0.4, 0.5) is 33.3 Å². The van der Waals surface area contributed by atoms with E-state index in [4.69, 9.17) is 9.47 Å². The van der Waals surface area contributed by atoms with Crippen molar-refractivity contribution in [3.8, 4) is 5.75 Å². The van der Waals surface area contributed by atoms with Gasteiger partial charge >= 0.3 is 0 Å². The van der Waals surface area contributed by atoms with Crippen molar-refractivity contribution in [2.45, 2.75) is 19.4 Å². The Morgan fingerprint density at radius 2 is 2.06 bits per heavy atom. The number of hydrogen-bond donors (Lipinski definition) is 3. The molecule has 3 N–H and O–H groups in total. The molecule has 3 aromatic heterocycles. The summed E-state index contributed by atoms with van der Waals surface area (Å²) in [6.07, 6.45) is 3.24. The highest BCUT2D eigenvalue weighted by Gasteiger charge is 2.29. The molecule has 0 atom stereocenters. The third-order valence-electron chi connectivity index (χ3n) is 5.78. The van der Waals surface area contributed by atoms with E-state index in [1.54, 1.807) is 43.8 Å². The summed E-state index contributed by atoms with van der Waals surface area (Å²) >= 11 is 0. The van der Waals surface area contributed by atoms with E-state index in [2.05, 4.69) is 35.5 Å². The van der Waals surface area contributed by atoms with Gasteiger partial charge in [0.25, 0.3) is 5.56 Å². The average Bonchev–Trinajstić information content (AvgIpc) is 2.85. The SMILES string of the molecule is COc1cc(Nc2nccc(Nc3cc4cccc(F)c4[nH]c3=O)n2)cnc1N1CCOC(C)(C)C1. The minimum absolute atomic E-state index is 0.156. The molecule has 0 unspecified atom stereocenters. The van der Waals surface area contributed by atoms with Crippen molar-refractivity contribution in [3.05, 3.63) is 65.0 Å². The van der Waals surface area contributed by atoms with Gasteiger partial charge in [0.2, 0.25) is 5.95 Å². The highest BCUT2D eigenvalue weighted by atomic mass is 19.1. The first-order chi connectivity index (χ1) is 17.3. The number of H-pyrrole nitrogens is 1. The van der Waals surface area contributed by atoms with Gasteiger partial charge in [-0.1, -0.05) is 12.1 Å². The maximum absolute atomic E-state index is 14.0. The van der Waals surface area contributed by atoms with E-state index < -0.39 is 11.4 Å². The molecule has 0 radical (unpaired) electrons. The smallest absolute Gasteiger partial charge is 0.272 e. The zero-order valence-electron chi connectivity index (χ0n) is 20.1. The highest BCUT2D eigenvalue weighted by molar-refractivity contribution is 5.82. The average molecular weight is 492 g/mol.